The van der Waals surface area contributed by atoms with Gasteiger partial charge in [-0.05, 0) is 36.2 Å². The van der Waals surface area contributed by atoms with E-state index in [9.17, 15) is 0 Å². The minimum Gasteiger partial charge on any atom is -0.494 e. The van der Waals surface area contributed by atoms with Gasteiger partial charge in [0.15, 0.2) is 0 Å². The Labute approximate surface area is 112 Å². The van der Waals surface area contributed by atoms with Crippen LogP contribution in [0.1, 0.15) is 24.1 Å². The lowest BCUT2D eigenvalue weighted by Gasteiger charge is -2.14. The molecule has 0 saturated heterocycles. The highest BCUT2D eigenvalue weighted by Gasteiger charge is 2.11. The SMILES string of the molecule is CCOc1ccc([C@H](N)c2ccccc2Cl)cc1. The maximum Gasteiger partial charge on any atom is 0.119 e. The predicted molar refractivity (Wildman–Crippen MR) is 75.1 cm³/mol. The molecule has 2 aromatic rings. The molecule has 18 heavy (non-hydrogen) atoms. The van der Waals surface area contributed by atoms with Gasteiger partial charge in [0.1, 0.15) is 5.75 Å². The molecule has 0 fully saturated rings. The maximum absolute atomic E-state index is 6.22. The summed E-state index contributed by atoms with van der Waals surface area (Å²) in [5.74, 6) is 0.854. The molecule has 0 heterocycles. The zero-order chi connectivity index (χ0) is 13.0. The summed E-state index contributed by atoms with van der Waals surface area (Å²) < 4.78 is 5.40. The third-order valence-electron chi connectivity index (χ3n) is 2.79. The van der Waals surface area contributed by atoms with Crippen LogP contribution in [0.25, 0.3) is 0 Å². The van der Waals surface area contributed by atoms with Gasteiger partial charge in [-0.1, -0.05) is 41.9 Å². The lowest BCUT2D eigenvalue weighted by molar-refractivity contribution is 0.340. The van der Waals surface area contributed by atoms with Crippen LogP contribution < -0.4 is 10.5 Å². The molecule has 0 aliphatic rings. The Balaban J connectivity index is 2.23. The second kappa shape index (κ2) is 5.89. The van der Waals surface area contributed by atoms with Crippen LogP contribution >= 0.6 is 11.6 Å². The number of nitrogens with two attached hydrogens (primary N) is 1. The summed E-state index contributed by atoms with van der Waals surface area (Å²) in [7, 11) is 0. The lowest BCUT2D eigenvalue weighted by atomic mass is 9.99. The average molecular weight is 262 g/mol. The smallest absolute Gasteiger partial charge is 0.119 e. The van der Waals surface area contributed by atoms with E-state index in [0.29, 0.717) is 11.6 Å². The van der Waals surface area contributed by atoms with Gasteiger partial charge in [-0.25, -0.2) is 0 Å². The molecule has 2 nitrogen and oxygen atoms in total. The van der Waals surface area contributed by atoms with Gasteiger partial charge < -0.3 is 10.5 Å². The van der Waals surface area contributed by atoms with Crippen LogP contribution in [0.4, 0.5) is 0 Å². The van der Waals surface area contributed by atoms with Crippen molar-refractivity contribution in [2.75, 3.05) is 6.61 Å². The van der Waals surface area contributed by atoms with Crippen molar-refractivity contribution in [3.63, 3.8) is 0 Å². The Morgan fingerprint density at radius 3 is 2.39 bits per heavy atom. The molecule has 0 aliphatic heterocycles. The molecule has 0 bridgehead atoms. The summed E-state index contributed by atoms with van der Waals surface area (Å²) in [6.07, 6.45) is 0. The van der Waals surface area contributed by atoms with E-state index >= 15 is 0 Å². The normalized spacial score (nSPS) is 12.2. The fourth-order valence-corrected chi connectivity index (χ4v) is 2.10. The van der Waals surface area contributed by atoms with Crippen molar-refractivity contribution in [1.82, 2.24) is 0 Å². The molecule has 2 N–H and O–H groups in total. The van der Waals surface area contributed by atoms with E-state index in [0.717, 1.165) is 16.9 Å². The summed E-state index contributed by atoms with van der Waals surface area (Å²) in [5, 5.41) is 0.693. The molecule has 3 heteroatoms. The molecule has 0 aliphatic carbocycles. The molecule has 0 spiro atoms. The summed E-state index contributed by atoms with van der Waals surface area (Å²) in [6, 6.07) is 15.2. The van der Waals surface area contributed by atoms with Gasteiger partial charge in [0, 0.05) is 5.02 Å². The van der Waals surface area contributed by atoms with Gasteiger partial charge in [-0.2, -0.15) is 0 Å². The summed E-state index contributed by atoms with van der Waals surface area (Å²) >= 11 is 6.15. The molecule has 0 radical (unpaired) electrons. The van der Waals surface area contributed by atoms with Crippen molar-refractivity contribution in [1.29, 1.82) is 0 Å². The topological polar surface area (TPSA) is 35.2 Å². The molecule has 0 amide bonds. The van der Waals surface area contributed by atoms with E-state index in [1.165, 1.54) is 0 Å². The fourth-order valence-electron chi connectivity index (χ4n) is 1.84. The Morgan fingerprint density at radius 1 is 1.11 bits per heavy atom. The van der Waals surface area contributed by atoms with E-state index in [1.54, 1.807) is 0 Å². The standard InChI is InChI=1S/C15H16ClNO/c1-2-18-12-9-7-11(8-10-12)15(17)13-5-3-4-6-14(13)16/h3-10,15H,2,17H2,1H3/t15-/m0/s1. The largest absolute Gasteiger partial charge is 0.494 e. The van der Waals surface area contributed by atoms with Gasteiger partial charge in [0.2, 0.25) is 0 Å². The highest BCUT2D eigenvalue weighted by molar-refractivity contribution is 6.31. The van der Waals surface area contributed by atoms with Crippen LogP contribution in [0, 0.1) is 0 Å². The molecule has 1 atom stereocenters. The lowest BCUT2D eigenvalue weighted by Crippen LogP contribution is -2.12. The Hall–Kier alpha value is -1.51. The minimum absolute atomic E-state index is 0.214. The number of ether oxygens (including phenoxy) is 1. The van der Waals surface area contributed by atoms with E-state index in [1.807, 2.05) is 55.5 Å². The van der Waals surface area contributed by atoms with Crippen molar-refractivity contribution in [2.24, 2.45) is 5.73 Å². The Bertz CT molecular complexity index is 510. The second-order valence-corrected chi connectivity index (χ2v) is 4.41. The van der Waals surface area contributed by atoms with Crippen molar-refractivity contribution < 1.29 is 4.74 Å². The van der Waals surface area contributed by atoms with Gasteiger partial charge in [0.25, 0.3) is 0 Å². The quantitative estimate of drug-likeness (QED) is 0.909. The molecular weight excluding hydrogens is 246 g/mol. The van der Waals surface area contributed by atoms with Crippen LogP contribution in [0.3, 0.4) is 0 Å². The van der Waals surface area contributed by atoms with Crippen LogP contribution in [0.15, 0.2) is 48.5 Å². The molecule has 94 valence electrons. The minimum atomic E-state index is -0.214. The zero-order valence-corrected chi connectivity index (χ0v) is 11.0. The number of hydrogen-bond donors (Lipinski definition) is 1. The van der Waals surface area contributed by atoms with Crippen molar-refractivity contribution in [2.45, 2.75) is 13.0 Å². The van der Waals surface area contributed by atoms with Crippen molar-refractivity contribution >= 4 is 11.6 Å². The van der Waals surface area contributed by atoms with Gasteiger partial charge in [0.05, 0.1) is 12.6 Å². The van der Waals surface area contributed by atoms with E-state index in [4.69, 9.17) is 22.1 Å². The molecule has 0 unspecified atom stereocenters. The van der Waals surface area contributed by atoms with Crippen LogP contribution in [0.5, 0.6) is 5.75 Å². The maximum atomic E-state index is 6.22. The molecule has 0 aromatic heterocycles. The Morgan fingerprint density at radius 2 is 1.78 bits per heavy atom. The van der Waals surface area contributed by atoms with Crippen molar-refractivity contribution in [3.05, 3.63) is 64.7 Å². The van der Waals surface area contributed by atoms with E-state index in [-0.39, 0.29) is 6.04 Å². The van der Waals surface area contributed by atoms with Crippen LogP contribution in [-0.2, 0) is 0 Å². The first kappa shape index (κ1) is 12.9. The van der Waals surface area contributed by atoms with E-state index < -0.39 is 0 Å². The number of hydrogen-bond acceptors (Lipinski definition) is 2. The third kappa shape index (κ3) is 2.84. The summed E-state index contributed by atoms with van der Waals surface area (Å²) in [5.41, 5.74) is 8.17. The summed E-state index contributed by atoms with van der Waals surface area (Å²) in [6.45, 7) is 2.62. The molecule has 0 saturated carbocycles. The second-order valence-electron chi connectivity index (χ2n) is 4.00. The third-order valence-corrected chi connectivity index (χ3v) is 3.13. The fraction of sp³-hybridized carbons (Fsp3) is 0.200. The van der Waals surface area contributed by atoms with Crippen LogP contribution in [0.2, 0.25) is 5.02 Å². The Kier molecular flexibility index (Phi) is 4.24. The number of benzene rings is 2. The molecular formula is C15H16ClNO. The highest BCUT2D eigenvalue weighted by Crippen LogP contribution is 2.27. The first-order valence-corrected chi connectivity index (χ1v) is 6.33. The monoisotopic (exact) mass is 261 g/mol. The van der Waals surface area contributed by atoms with Crippen molar-refractivity contribution in [3.8, 4) is 5.75 Å². The van der Waals surface area contributed by atoms with Gasteiger partial charge in [-0.15, -0.1) is 0 Å². The summed E-state index contributed by atoms with van der Waals surface area (Å²) in [4.78, 5) is 0. The zero-order valence-electron chi connectivity index (χ0n) is 10.3. The first-order chi connectivity index (χ1) is 8.72. The average Bonchev–Trinajstić information content (AvgIpc) is 2.40. The van der Waals surface area contributed by atoms with Crippen LogP contribution in [-0.4, -0.2) is 6.61 Å². The first-order valence-electron chi connectivity index (χ1n) is 5.95. The predicted octanol–water partition coefficient (Wildman–Crippen LogP) is 3.79. The molecule has 2 aromatic carbocycles. The van der Waals surface area contributed by atoms with Gasteiger partial charge in [-0.3, -0.25) is 0 Å². The highest BCUT2D eigenvalue weighted by atomic mass is 35.5. The number of halogens is 1. The van der Waals surface area contributed by atoms with Gasteiger partial charge >= 0.3 is 0 Å². The number of rotatable bonds is 4. The van der Waals surface area contributed by atoms with E-state index in [2.05, 4.69) is 0 Å². The molecule has 2 rings (SSSR count).